The van der Waals surface area contributed by atoms with Gasteiger partial charge < -0.3 is 14.7 Å². The van der Waals surface area contributed by atoms with Crippen molar-refractivity contribution < 1.29 is 35.9 Å². The highest BCUT2D eigenvalue weighted by molar-refractivity contribution is 5.81. The Kier molecular flexibility index (Phi) is 6.89. The number of pyridine rings is 1. The lowest BCUT2D eigenvalue weighted by molar-refractivity contribution is -0.143. The van der Waals surface area contributed by atoms with Gasteiger partial charge in [0.2, 0.25) is 5.91 Å². The normalized spacial score (nSPS) is 21.2. The van der Waals surface area contributed by atoms with Gasteiger partial charge in [-0.25, -0.2) is 4.79 Å². The molecule has 0 N–H and O–H groups in total. The molecule has 37 heavy (non-hydrogen) atoms. The number of urea groups is 1. The van der Waals surface area contributed by atoms with E-state index in [0.29, 0.717) is 30.7 Å². The summed E-state index contributed by atoms with van der Waals surface area (Å²) in [7, 11) is 1.34. The predicted molar refractivity (Wildman–Crippen MR) is 121 cm³/mol. The summed E-state index contributed by atoms with van der Waals surface area (Å²) in [4.78, 5) is 35.0. The molecule has 4 rings (SSSR count). The maximum atomic E-state index is 13.7. The van der Waals surface area contributed by atoms with Gasteiger partial charge in [0.15, 0.2) is 0 Å². The molecule has 0 spiro atoms. The zero-order valence-electron chi connectivity index (χ0n) is 20.4. The standard InChI is InChI=1S/C25H26F6N4O2/c1-14-5-4-8-32-21(14)22-19-6-7-20(36)34(19)9-10-35(22)23(37)33(3)15(2)16-11-17(24(26,27)28)13-18(12-16)25(29,30)31/h4-5,8,11-13,15,19,22H,6-7,9-10H2,1-3H3/t15-,19+,22-/m1/s1. The smallest absolute Gasteiger partial charge is 0.335 e. The van der Waals surface area contributed by atoms with Gasteiger partial charge in [0.25, 0.3) is 0 Å². The lowest BCUT2D eigenvalue weighted by Gasteiger charge is -2.46. The Morgan fingerprint density at radius 3 is 2.27 bits per heavy atom. The van der Waals surface area contributed by atoms with E-state index >= 15 is 0 Å². The van der Waals surface area contributed by atoms with Crippen LogP contribution in [0.4, 0.5) is 31.1 Å². The van der Waals surface area contributed by atoms with Crippen LogP contribution in [0.5, 0.6) is 0 Å². The molecule has 3 heterocycles. The molecule has 2 saturated heterocycles. The summed E-state index contributed by atoms with van der Waals surface area (Å²) in [6.07, 6.45) is -7.58. The summed E-state index contributed by atoms with van der Waals surface area (Å²) in [5.41, 5.74) is -1.77. The number of alkyl halides is 6. The van der Waals surface area contributed by atoms with Crippen LogP contribution in [-0.4, -0.2) is 57.8 Å². The molecule has 3 amide bonds. The molecule has 0 unspecified atom stereocenters. The minimum atomic E-state index is -4.99. The van der Waals surface area contributed by atoms with Crippen molar-refractivity contribution in [2.45, 2.75) is 57.2 Å². The molecule has 6 nitrogen and oxygen atoms in total. The Morgan fingerprint density at radius 1 is 1.08 bits per heavy atom. The van der Waals surface area contributed by atoms with Gasteiger partial charge in [0.05, 0.1) is 34.9 Å². The maximum Gasteiger partial charge on any atom is 0.416 e. The van der Waals surface area contributed by atoms with Crippen LogP contribution in [0.3, 0.4) is 0 Å². The minimum absolute atomic E-state index is 0.0268. The van der Waals surface area contributed by atoms with Gasteiger partial charge in [-0.05, 0) is 55.7 Å². The summed E-state index contributed by atoms with van der Waals surface area (Å²) in [5, 5.41) is 0. The number of fused-ring (bicyclic) bond motifs is 1. The number of piperazine rings is 1. The number of amides is 3. The number of aromatic nitrogens is 1. The first-order chi connectivity index (χ1) is 17.2. The van der Waals surface area contributed by atoms with Gasteiger partial charge in [-0.2, -0.15) is 26.3 Å². The number of nitrogens with zero attached hydrogens (tertiary/aromatic N) is 4. The van der Waals surface area contributed by atoms with Crippen LogP contribution in [-0.2, 0) is 17.1 Å². The fraction of sp³-hybridized carbons (Fsp3) is 0.480. The molecular formula is C25H26F6N4O2. The molecule has 2 fully saturated rings. The maximum absolute atomic E-state index is 13.7. The van der Waals surface area contributed by atoms with Crippen LogP contribution in [0.2, 0.25) is 0 Å². The van der Waals surface area contributed by atoms with E-state index in [2.05, 4.69) is 4.98 Å². The summed E-state index contributed by atoms with van der Waals surface area (Å²) >= 11 is 0. The second-order valence-electron chi connectivity index (χ2n) is 9.45. The van der Waals surface area contributed by atoms with Crippen molar-refractivity contribution in [3.8, 4) is 0 Å². The first kappa shape index (κ1) is 26.7. The van der Waals surface area contributed by atoms with Crippen molar-refractivity contribution in [1.29, 1.82) is 0 Å². The molecule has 0 saturated carbocycles. The molecule has 2 aliphatic rings. The summed E-state index contributed by atoms with van der Waals surface area (Å²) < 4.78 is 80.3. The van der Waals surface area contributed by atoms with E-state index in [1.807, 2.05) is 13.0 Å². The van der Waals surface area contributed by atoms with Gasteiger partial charge in [-0.3, -0.25) is 9.78 Å². The van der Waals surface area contributed by atoms with Gasteiger partial charge >= 0.3 is 18.4 Å². The third kappa shape index (κ3) is 5.10. The monoisotopic (exact) mass is 528 g/mol. The Balaban J connectivity index is 1.69. The van der Waals surface area contributed by atoms with E-state index in [1.165, 1.54) is 18.9 Å². The molecule has 0 radical (unpaired) electrons. The number of carbonyl (C=O) groups is 2. The van der Waals surface area contributed by atoms with E-state index in [0.717, 1.165) is 10.5 Å². The molecule has 2 aliphatic heterocycles. The number of benzene rings is 1. The first-order valence-corrected chi connectivity index (χ1v) is 11.7. The van der Waals surface area contributed by atoms with Gasteiger partial charge in [-0.15, -0.1) is 0 Å². The second kappa shape index (κ2) is 9.53. The van der Waals surface area contributed by atoms with Crippen LogP contribution in [0, 0.1) is 6.92 Å². The second-order valence-corrected chi connectivity index (χ2v) is 9.45. The van der Waals surface area contributed by atoms with Crippen molar-refractivity contribution in [3.63, 3.8) is 0 Å². The topological polar surface area (TPSA) is 56.8 Å². The molecule has 1 aromatic carbocycles. The van der Waals surface area contributed by atoms with Crippen molar-refractivity contribution in [1.82, 2.24) is 19.7 Å². The largest absolute Gasteiger partial charge is 0.416 e. The fourth-order valence-corrected chi connectivity index (χ4v) is 5.10. The van der Waals surface area contributed by atoms with Gasteiger partial charge in [0.1, 0.15) is 0 Å². The molecule has 0 bridgehead atoms. The lowest BCUT2D eigenvalue weighted by Crippen LogP contribution is -2.57. The predicted octanol–water partition coefficient (Wildman–Crippen LogP) is 5.59. The van der Waals surface area contributed by atoms with Crippen LogP contribution < -0.4 is 0 Å². The molecule has 0 aliphatic carbocycles. The van der Waals surface area contributed by atoms with E-state index in [1.54, 1.807) is 17.2 Å². The first-order valence-electron chi connectivity index (χ1n) is 11.7. The van der Waals surface area contributed by atoms with E-state index in [-0.39, 0.29) is 36.7 Å². The van der Waals surface area contributed by atoms with Crippen LogP contribution >= 0.6 is 0 Å². The molecule has 2 aromatic rings. The number of hydrogen-bond donors (Lipinski definition) is 0. The highest BCUT2D eigenvalue weighted by Gasteiger charge is 2.47. The Bertz CT molecular complexity index is 1170. The number of hydrogen-bond acceptors (Lipinski definition) is 3. The average molecular weight is 528 g/mol. The highest BCUT2D eigenvalue weighted by atomic mass is 19.4. The van der Waals surface area contributed by atoms with Crippen molar-refractivity contribution >= 4 is 11.9 Å². The van der Waals surface area contributed by atoms with Crippen LogP contribution in [0.25, 0.3) is 0 Å². The molecular weight excluding hydrogens is 502 g/mol. The minimum Gasteiger partial charge on any atom is -0.335 e. The fourth-order valence-electron chi connectivity index (χ4n) is 5.10. The number of carbonyl (C=O) groups excluding carboxylic acids is 2. The van der Waals surface area contributed by atoms with Gasteiger partial charge in [0, 0.05) is 32.8 Å². The van der Waals surface area contributed by atoms with E-state index in [4.69, 9.17) is 0 Å². The zero-order valence-corrected chi connectivity index (χ0v) is 20.4. The third-order valence-corrected chi connectivity index (χ3v) is 7.21. The highest BCUT2D eigenvalue weighted by Crippen LogP contribution is 2.41. The quantitative estimate of drug-likeness (QED) is 0.489. The van der Waals surface area contributed by atoms with Crippen molar-refractivity contribution in [2.75, 3.05) is 20.1 Å². The molecule has 3 atom stereocenters. The van der Waals surface area contributed by atoms with Crippen molar-refractivity contribution in [3.05, 3.63) is 64.5 Å². The number of rotatable bonds is 3. The number of aryl methyl sites for hydroxylation is 1. The summed E-state index contributed by atoms with van der Waals surface area (Å²) in [5.74, 6) is -0.0268. The Morgan fingerprint density at radius 2 is 1.70 bits per heavy atom. The zero-order chi connectivity index (χ0) is 27.3. The SMILES string of the molecule is Cc1cccnc1[C@H]1[C@@H]2CCC(=O)N2CCN1C(=O)N(C)[C@H](C)c1cc(C(F)(F)F)cc(C(F)(F)F)c1. The van der Waals surface area contributed by atoms with E-state index in [9.17, 15) is 35.9 Å². The summed E-state index contributed by atoms with van der Waals surface area (Å²) in [6.45, 7) is 3.63. The van der Waals surface area contributed by atoms with Crippen LogP contribution in [0.15, 0.2) is 36.5 Å². The van der Waals surface area contributed by atoms with Gasteiger partial charge in [-0.1, -0.05) is 6.07 Å². The number of halogens is 6. The lowest BCUT2D eigenvalue weighted by atomic mass is 9.94. The Hall–Kier alpha value is -3.31. The Labute approximate surface area is 209 Å². The third-order valence-electron chi connectivity index (χ3n) is 7.21. The molecule has 200 valence electrons. The van der Waals surface area contributed by atoms with Crippen molar-refractivity contribution in [2.24, 2.45) is 0 Å². The van der Waals surface area contributed by atoms with Crippen LogP contribution in [0.1, 0.15) is 59.8 Å². The summed E-state index contributed by atoms with van der Waals surface area (Å²) in [6, 6.07) is 2.30. The average Bonchev–Trinajstić information content (AvgIpc) is 3.22. The molecule has 1 aromatic heterocycles. The molecule has 12 heteroatoms. The van der Waals surface area contributed by atoms with E-state index < -0.39 is 41.6 Å².